The summed E-state index contributed by atoms with van der Waals surface area (Å²) in [5.41, 5.74) is 3.25. The predicted molar refractivity (Wildman–Crippen MR) is 137 cm³/mol. The van der Waals surface area contributed by atoms with Gasteiger partial charge in [0.2, 0.25) is 0 Å². The van der Waals surface area contributed by atoms with Crippen molar-refractivity contribution in [3.05, 3.63) is 39.8 Å². The van der Waals surface area contributed by atoms with Gasteiger partial charge in [0.05, 0.1) is 16.2 Å². The van der Waals surface area contributed by atoms with Gasteiger partial charge in [-0.05, 0) is 76.5 Å². The molecule has 2 fully saturated rings. The Bertz CT molecular complexity index is 992. The van der Waals surface area contributed by atoms with Gasteiger partial charge in [-0.3, -0.25) is 4.79 Å². The molecule has 4 rings (SSSR count). The first-order valence-corrected chi connectivity index (χ1v) is 13.2. The summed E-state index contributed by atoms with van der Waals surface area (Å²) in [5, 5.41) is 5.07. The highest BCUT2D eigenvalue weighted by Gasteiger charge is 2.32. The number of carbonyl (C=O) groups is 2. The predicted octanol–water partition coefficient (Wildman–Crippen LogP) is 5.91. The Morgan fingerprint density at radius 1 is 1.09 bits per heavy atom. The molecule has 0 aliphatic carbocycles. The number of aromatic nitrogens is 1. The van der Waals surface area contributed by atoms with Gasteiger partial charge in [0.15, 0.2) is 0 Å². The van der Waals surface area contributed by atoms with Crippen molar-refractivity contribution >= 4 is 46.3 Å². The third-order valence-electron chi connectivity index (χ3n) is 6.63. The van der Waals surface area contributed by atoms with Crippen LogP contribution in [0.3, 0.4) is 0 Å². The molecule has 0 saturated carbocycles. The molecule has 1 aromatic carbocycles. The number of hydrogen-bond acceptors (Lipinski definition) is 6. The third kappa shape index (κ3) is 6.21. The van der Waals surface area contributed by atoms with Crippen LogP contribution < -0.4 is 10.2 Å². The second-order valence-corrected chi connectivity index (χ2v) is 11.2. The Labute approximate surface area is 210 Å². The van der Waals surface area contributed by atoms with E-state index in [0.717, 1.165) is 57.5 Å². The molecule has 0 atom stereocenters. The molecular formula is C25H33ClN4O3S. The first kappa shape index (κ1) is 24.8. The largest absolute Gasteiger partial charge is 0.444 e. The molecule has 2 saturated heterocycles. The fraction of sp³-hybridized carbons (Fsp3) is 0.560. The molecule has 0 radical (unpaired) electrons. The van der Waals surface area contributed by atoms with Crippen LogP contribution in [0.25, 0.3) is 0 Å². The summed E-state index contributed by atoms with van der Waals surface area (Å²) in [6, 6.07) is 5.81. The van der Waals surface area contributed by atoms with E-state index in [1.54, 1.807) is 10.9 Å². The Morgan fingerprint density at radius 2 is 1.74 bits per heavy atom. The van der Waals surface area contributed by atoms with Crippen LogP contribution in [-0.2, 0) is 4.74 Å². The maximum atomic E-state index is 12.3. The van der Waals surface area contributed by atoms with Gasteiger partial charge in [-0.25, -0.2) is 9.78 Å². The van der Waals surface area contributed by atoms with Crippen LogP contribution >= 0.6 is 22.9 Å². The molecular weight excluding hydrogens is 472 g/mol. The average Bonchev–Trinajstić information content (AvgIpc) is 3.35. The standard InChI is InChI=1S/C25H33ClN4O3S/c1-25(2,3)33-24(32)30-12-8-18(9-13-30)17-6-10-29(11-7-17)19-4-5-21(20(26)14-19)28-23(31)22-15-34-16-27-22/h4-5,14-18H,6-13H2,1-3H3,(H,28,31). The van der Waals surface area contributed by atoms with Gasteiger partial charge in [0.25, 0.3) is 5.91 Å². The number of halogens is 1. The summed E-state index contributed by atoms with van der Waals surface area (Å²) >= 11 is 7.86. The van der Waals surface area contributed by atoms with E-state index in [4.69, 9.17) is 16.3 Å². The Kier molecular flexibility index (Phi) is 7.67. The molecule has 1 aromatic heterocycles. The number of carbonyl (C=O) groups excluding carboxylic acids is 2. The molecule has 3 heterocycles. The second-order valence-electron chi connectivity index (χ2n) is 10.1. The van der Waals surface area contributed by atoms with E-state index in [2.05, 4.69) is 15.2 Å². The fourth-order valence-electron chi connectivity index (χ4n) is 4.82. The van der Waals surface area contributed by atoms with E-state index < -0.39 is 5.60 Å². The molecule has 0 bridgehead atoms. The molecule has 184 valence electrons. The summed E-state index contributed by atoms with van der Waals surface area (Å²) in [4.78, 5) is 32.8. The monoisotopic (exact) mass is 504 g/mol. The van der Waals surface area contributed by atoms with Crippen LogP contribution in [0.15, 0.2) is 29.1 Å². The second kappa shape index (κ2) is 10.5. The smallest absolute Gasteiger partial charge is 0.410 e. The van der Waals surface area contributed by atoms with E-state index in [9.17, 15) is 9.59 Å². The summed E-state index contributed by atoms with van der Waals surface area (Å²) in [6.45, 7) is 9.25. The van der Waals surface area contributed by atoms with Crippen molar-refractivity contribution in [2.75, 3.05) is 36.4 Å². The summed E-state index contributed by atoms with van der Waals surface area (Å²) in [6.07, 6.45) is 4.17. The molecule has 0 unspecified atom stereocenters. The van der Waals surface area contributed by atoms with Gasteiger partial charge in [-0.15, -0.1) is 11.3 Å². The number of hydrogen-bond donors (Lipinski definition) is 1. The molecule has 0 spiro atoms. The number of thiazole rings is 1. The third-order valence-corrected chi connectivity index (χ3v) is 7.53. The molecule has 2 aliphatic rings. The molecule has 2 aromatic rings. The van der Waals surface area contributed by atoms with E-state index >= 15 is 0 Å². The number of piperidine rings is 2. The highest BCUT2D eigenvalue weighted by Crippen LogP contribution is 2.35. The van der Waals surface area contributed by atoms with Crippen molar-refractivity contribution in [2.24, 2.45) is 11.8 Å². The van der Waals surface area contributed by atoms with Crippen molar-refractivity contribution in [3.63, 3.8) is 0 Å². The number of anilines is 2. The van der Waals surface area contributed by atoms with E-state index in [-0.39, 0.29) is 12.0 Å². The Morgan fingerprint density at radius 3 is 2.29 bits per heavy atom. The van der Waals surface area contributed by atoms with Crippen LogP contribution in [0.2, 0.25) is 5.02 Å². The number of nitrogens with one attached hydrogen (secondary N) is 1. The number of ether oxygens (including phenoxy) is 1. The molecule has 34 heavy (non-hydrogen) atoms. The molecule has 7 nitrogen and oxygen atoms in total. The van der Waals surface area contributed by atoms with Crippen molar-refractivity contribution in [1.29, 1.82) is 0 Å². The minimum Gasteiger partial charge on any atom is -0.444 e. The fourth-order valence-corrected chi connectivity index (χ4v) is 5.58. The summed E-state index contributed by atoms with van der Waals surface area (Å²) in [5.74, 6) is 1.09. The van der Waals surface area contributed by atoms with Gasteiger partial charge in [0.1, 0.15) is 11.3 Å². The lowest BCUT2D eigenvalue weighted by Gasteiger charge is -2.41. The zero-order chi connectivity index (χ0) is 24.3. The number of benzene rings is 1. The van der Waals surface area contributed by atoms with Crippen molar-refractivity contribution < 1.29 is 14.3 Å². The van der Waals surface area contributed by atoms with Gasteiger partial charge in [-0.1, -0.05) is 11.6 Å². The van der Waals surface area contributed by atoms with Gasteiger partial charge < -0.3 is 19.9 Å². The van der Waals surface area contributed by atoms with Crippen LogP contribution in [0, 0.1) is 11.8 Å². The number of likely N-dealkylation sites (tertiary alicyclic amines) is 1. The lowest BCUT2D eigenvalue weighted by Crippen LogP contribution is -2.44. The zero-order valence-electron chi connectivity index (χ0n) is 20.1. The minimum atomic E-state index is -0.450. The Hall–Kier alpha value is -2.32. The van der Waals surface area contributed by atoms with Crippen LogP contribution in [0.5, 0.6) is 0 Å². The molecule has 2 amide bonds. The van der Waals surface area contributed by atoms with Gasteiger partial charge >= 0.3 is 6.09 Å². The highest BCUT2D eigenvalue weighted by atomic mass is 35.5. The summed E-state index contributed by atoms with van der Waals surface area (Å²) < 4.78 is 5.52. The Balaban J connectivity index is 1.26. The van der Waals surface area contributed by atoms with Crippen LogP contribution in [0.4, 0.5) is 16.2 Å². The van der Waals surface area contributed by atoms with E-state index in [1.807, 2.05) is 43.9 Å². The number of nitrogens with zero attached hydrogens (tertiary/aromatic N) is 3. The topological polar surface area (TPSA) is 74.8 Å². The lowest BCUT2D eigenvalue weighted by atomic mass is 9.79. The van der Waals surface area contributed by atoms with E-state index in [0.29, 0.717) is 28.2 Å². The maximum absolute atomic E-state index is 12.3. The molecule has 2 aliphatic heterocycles. The molecule has 1 N–H and O–H groups in total. The average molecular weight is 505 g/mol. The first-order chi connectivity index (χ1) is 16.2. The van der Waals surface area contributed by atoms with Gasteiger partial charge in [-0.2, -0.15) is 0 Å². The lowest BCUT2D eigenvalue weighted by molar-refractivity contribution is 0.0152. The van der Waals surface area contributed by atoms with E-state index in [1.165, 1.54) is 11.3 Å². The van der Waals surface area contributed by atoms with Crippen molar-refractivity contribution in [1.82, 2.24) is 9.88 Å². The normalized spacial score (nSPS) is 18.1. The van der Waals surface area contributed by atoms with Crippen LogP contribution in [-0.4, -0.2) is 53.7 Å². The SMILES string of the molecule is CC(C)(C)OC(=O)N1CCC(C2CCN(c3ccc(NC(=O)c4cscn4)c(Cl)c3)CC2)CC1. The van der Waals surface area contributed by atoms with Gasteiger partial charge in [0, 0.05) is 37.2 Å². The van der Waals surface area contributed by atoms with Crippen molar-refractivity contribution in [3.8, 4) is 0 Å². The maximum Gasteiger partial charge on any atom is 0.410 e. The number of rotatable bonds is 4. The first-order valence-electron chi connectivity index (χ1n) is 11.9. The van der Waals surface area contributed by atoms with Crippen LogP contribution in [0.1, 0.15) is 56.9 Å². The summed E-state index contributed by atoms with van der Waals surface area (Å²) in [7, 11) is 0. The zero-order valence-corrected chi connectivity index (χ0v) is 21.6. The number of amides is 2. The quantitative estimate of drug-likeness (QED) is 0.560. The highest BCUT2D eigenvalue weighted by molar-refractivity contribution is 7.07. The minimum absolute atomic E-state index is 0.191. The van der Waals surface area contributed by atoms with Crippen molar-refractivity contribution in [2.45, 2.75) is 52.1 Å². The molecule has 9 heteroatoms.